The van der Waals surface area contributed by atoms with E-state index in [1.54, 1.807) is 6.26 Å². The lowest BCUT2D eigenvalue weighted by Crippen LogP contribution is -2.58. The highest BCUT2D eigenvalue weighted by Crippen LogP contribution is 2.13. The van der Waals surface area contributed by atoms with Gasteiger partial charge in [0.1, 0.15) is 5.76 Å². The molecule has 0 aromatic carbocycles. The Bertz CT molecular complexity index is 461. The summed E-state index contributed by atoms with van der Waals surface area (Å²) in [6.07, 6.45) is 1.29. The van der Waals surface area contributed by atoms with Crippen molar-refractivity contribution in [1.29, 1.82) is 0 Å². The SMILES string of the molecule is C[C@H](O)CN1CCN([C@@H](C)C(=O)NCc2ccco2)C[C@@H]1C. The number of nitrogens with one attached hydrogen (secondary N) is 1. The van der Waals surface area contributed by atoms with Crippen molar-refractivity contribution in [2.24, 2.45) is 0 Å². The molecule has 2 heterocycles. The van der Waals surface area contributed by atoms with Crippen molar-refractivity contribution >= 4 is 5.91 Å². The quantitative estimate of drug-likeness (QED) is 0.808. The van der Waals surface area contributed by atoms with Gasteiger partial charge in [0, 0.05) is 32.2 Å². The molecule has 124 valence electrons. The molecule has 1 saturated heterocycles. The van der Waals surface area contributed by atoms with Crippen LogP contribution in [0.15, 0.2) is 22.8 Å². The second-order valence-electron chi connectivity index (χ2n) is 6.16. The second-order valence-corrected chi connectivity index (χ2v) is 6.16. The predicted molar refractivity (Wildman–Crippen MR) is 84.3 cm³/mol. The number of furan rings is 1. The van der Waals surface area contributed by atoms with E-state index >= 15 is 0 Å². The van der Waals surface area contributed by atoms with E-state index in [4.69, 9.17) is 4.42 Å². The summed E-state index contributed by atoms with van der Waals surface area (Å²) in [6, 6.07) is 3.84. The molecule has 22 heavy (non-hydrogen) atoms. The Morgan fingerprint density at radius 2 is 2.27 bits per heavy atom. The van der Waals surface area contributed by atoms with Gasteiger partial charge in [0.05, 0.1) is 25.0 Å². The summed E-state index contributed by atoms with van der Waals surface area (Å²) in [5, 5.41) is 12.4. The number of carbonyl (C=O) groups excluding carboxylic acids is 1. The standard InChI is InChI=1S/C16H27N3O3/c1-12-10-19(7-6-18(12)11-13(2)20)14(3)16(21)17-9-15-5-4-8-22-15/h4-5,8,12-14,20H,6-7,9-11H2,1-3H3,(H,17,21)/t12-,13-,14-/m0/s1. The fraction of sp³-hybridized carbons (Fsp3) is 0.688. The summed E-state index contributed by atoms with van der Waals surface area (Å²) in [6.45, 7) is 9.55. The van der Waals surface area contributed by atoms with Crippen LogP contribution in [-0.2, 0) is 11.3 Å². The molecule has 0 bridgehead atoms. The largest absolute Gasteiger partial charge is 0.467 e. The van der Waals surface area contributed by atoms with Crippen molar-refractivity contribution in [3.05, 3.63) is 24.2 Å². The molecule has 2 rings (SSSR count). The average molecular weight is 309 g/mol. The average Bonchev–Trinajstić information content (AvgIpc) is 2.99. The first-order chi connectivity index (χ1) is 10.5. The number of amides is 1. The van der Waals surface area contributed by atoms with Crippen LogP contribution >= 0.6 is 0 Å². The maximum absolute atomic E-state index is 12.3. The van der Waals surface area contributed by atoms with Gasteiger partial charge in [0.25, 0.3) is 0 Å². The lowest BCUT2D eigenvalue weighted by molar-refractivity contribution is -0.127. The van der Waals surface area contributed by atoms with Crippen LogP contribution in [0, 0.1) is 0 Å². The van der Waals surface area contributed by atoms with Gasteiger partial charge in [-0.3, -0.25) is 14.6 Å². The van der Waals surface area contributed by atoms with Gasteiger partial charge in [-0.05, 0) is 32.9 Å². The Balaban J connectivity index is 1.80. The van der Waals surface area contributed by atoms with Crippen molar-refractivity contribution in [1.82, 2.24) is 15.1 Å². The Morgan fingerprint density at radius 3 is 2.86 bits per heavy atom. The molecule has 1 amide bonds. The fourth-order valence-corrected chi connectivity index (χ4v) is 2.89. The normalized spacial score (nSPS) is 23.2. The number of hydrogen-bond acceptors (Lipinski definition) is 5. The minimum Gasteiger partial charge on any atom is -0.467 e. The first-order valence-electron chi connectivity index (χ1n) is 7.93. The molecule has 0 unspecified atom stereocenters. The van der Waals surface area contributed by atoms with E-state index < -0.39 is 0 Å². The minimum absolute atomic E-state index is 0.0209. The van der Waals surface area contributed by atoms with Crippen molar-refractivity contribution < 1.29 is 14.3 Å². The maximum atomic E-state index is 12.3. The molecule has 2 N–H and O–H groups in total. The third-order valence-electron chi connectivity index (χ3n) is 4.24. The maximum Gasteiger partial charge on any atom is 0.237 e. The van der Waals surface area contributed by atoms with E-state index in [2.05, 4.69) is 22.0 Å². The van der Waals surface area contributed by atoms with Crippen LogP contribution < -0.4 is 5.32 Å². The monoisotopic (exact) mass is 309 g/mol. The van der Waals surface area contributed by atoms with E-state index in [0.29, 0.717) is 19.1 Å². The summed E-state index contributed by atoms with van der Waals surface area (Å²) in [5.41, 5.74) is 0. The zero-order valence-electron chi connectivity index (χ0n) is 13.7. The molecule has 0 aliphatic carbocycles. The molecule has 0 saturated carbocycles. The first-order valence-corrected chi connectivity index (χ1v) is 7.93. The molecular weight excluding hydrogens is 282 g/mol. The third kappa shape index (κ3) is 4.56. The lowest BCUT2D eigenvalue weighted by atomic mass is 10.1. The molecule has 1 aliphatic heterocycles. The molecule has 1 aromatic heterocycles. The summed E-state index contributed by atoms with van der Waals surface area (Å²) < 4.78 is 5.22. The number of β-amino-alcohol motifs (C(OH)–C–C–N with tert-alkyl or cyclic N) is 1. The van der Waals surface area contributed by atoms with E-state index in [9.17, 15) is 9.90 Å². The lowest BCUT2D eigenvalue weighted by Gasteiger charge is -2.42. The predicted octanol–water partition coefficient (Wildman–Crippen LogP) is 0.671. The second kappa shape index (κ2) is 7.76. The number of nitrogens with zero attached hydrogens (tertiary/aromatic N) is 2. The van der Waals surface area contributed by atoms with Crippen LogP contribution in [0.1, 0.15) is 26.5 Å². The zero-order chi connectivity index (χ0) is 16.1. The van der Waals surface area contributed by atoms with Crippen LogP contribution in [0.4, 0.5) is 0 Å². The van der Waals surface area contributed by atoms with E-state index in [1.807, 2.05) is 26.0 Å². The van der Waals surface area contributed by atoms with E-state index in [-0.39, 0.29) is 18.1 Å². The minimum atomic E-state index is -0.317. The molecule has 1 aliphatic rings. The Hall–Kier alpha value is -1.37. The molecule has 1 fully saturated rings. The van der Waals surface area contributed by atoms with Crippen LogP contribution in [-0.4, -0.2) is 65.2 Å². The summed E-state index contributed by atoms with van der Waals surface area (Å²) in [5.74, 6) is 0.781. The zero-order valence-corrected chi connectivity index (χ0v) is 13.7. The Morgan fingerprint density at radius 1 is 1.50 bits per heavy atom. The highest BCUT2D eigenvalue weighted by atomic mass is 16.3. The van der Waals surface area contributed by atoms with Gasteiger partial charge >= 0.3 is 0 Å². The number of piperazine rings is 1. The van der Waals surface area contributed by atoms with Gasteiger partial charge in [-0.25, -0.2) is 0 Å². The number of rotatable bonds is 6. The topological polar surface area (TPSA) is 69.0 Å². The Labute approximate surface area is 132 Å². The molecule has 0 spiro atoms. The summed E-state index contributed by atoms with van der Waals surface area (Å²) in [4.78, 5) is 16.7. The van der Waals surface area contributed by atoms with Gasteiger partial charge in [0.15, 0.2) is 0 Å². The van der Waals surface area contributed by atoms with Crippen molar-refractivity contribution in [3.63, 3.8) is 0 Å². The number of aliphatic hydroxyl groups is 1. The molecule has 6 nitrogen and oxygen atoms in total. The summed E-state index contributed by atoms with van der Waals surface area (Å²) in [7, 11) is 0. The highest BCUT2D eigenvalue weighted by Gasteiger charge is 2.29. The van der Waals surface area contributed by atoms with Crippen LogP contribution in [0.25, 0.3) is 0 Å². The summed E-state index contributed by atoms with van der Waals surface area (Å²) >= 11 is 0. The smallest absolute Gasteiger partial charge is 0.237 e. The number of carbonyl (C=O) groups is 1. The fourth-order valence-electron chi connectivity index (χ4n) is 2.89. The number of hydrogen-bond donors (Lipinski definition) is 2. The van der Waals surface area contributed by atoms with Gasteiger partial charge in [-0.2, -0.15) is 0 Å². The van der Waals surface area contributed by atoms with Crippen molar-refractivity contribution in [2.75, 3.05) is 26.2 Å². The van der Waals surface area contributed by atoms with Crippen LogP contribution in [0.3, 0.4) is 0 Å². The van der Waals surface area contributed by atoms with E-state index in [1.165, 1.54) is 0 Å². The highest BCUT2D eigenvalue weighted by molar-refractivity contribution is 5.81. The van der Waals surface area contributed by atoms with Gasteiger partial charge in [0.2, 0.25) is 5.91 Å². The third-order valence-corrected chi connectivity index (χ3v) is 4.24. The molecule has 3 atom stereocenters. The molecule has 0 radical (unpaired) electrons. The van der Waals surface area contributed by atoms with Gasteiger partial charge < -0.3 is 14.8 Å². The first kappa shape index (κ1) is 17.0. The van der Waals surface area contributed by atoms with Gasteiger partial charge in [-0.15, -0.1) is 0 Å². The molecule has 6 heteroatoms. The van der Waals surface area contributed by atoms with Crippen LogP contribution in [0.5, 0.6) is 0 Å². The van der Waals surface area contributed by atoms with Gasteiger partial charge in [-0.1, -0.05) is 0 Å². The molecule has 1 aromatic rings. The number of aliphatic hydroxyl groups excluding tert-OH is 1. The van der Waals surface area contributed by atoms with E-state index in [0.717, 1.165) is 25.4 Å². The Kier molecular flexibility index (Phi) is 5.99. The van der Waals surface area contributed by atoms with Crippen molar-refractivity contribution in [3.8, 4) is 0 Å². The molecular formula is C16H27N3O3. The van der Waals surface area contributed by atoms with Crippen LogP contribution in [0.2, 0.25) is 0 Å². The van der Waals surface area contributed by atoms with Crippen molar-refractivity contribution in [2.45, 2.75) is 45.5 Å².